The molecule has 1 heterocycles. The molecule has 1 aromatic heterocycles. The van der Waals surface area contributed by atoms with Crippen molar-refractivity contribution >= 4 is 17.4 Å². The predicted molar refractivity (Wildman–Crippen MR) is 53.8 cm³/mol. The first-order valence-electron chi connectivity index (χ1n) is 3.82. The molecule has 68 valence electrons. The monoisotopic (exact) mass is 195 g/mol. The van der Waals surface area contributed by atoms with E-state index in [1.165, 1.54) is 6.33 Å². The summed E-state index contributed by atoms with van der Waals surface area (Å²) in [5, 5.41) is 0.544. The van der Waals surface area contributed by atoms with Gasteiger partial charge in [0.15, 0.2) is 5.82 Å². The van der Waals surface area contributed by atoms with Gasteiger partial charge in [-0.3, -0.25) is 0 Å². The van der Waals surface area contributed by atoms with Crippen molar-refractivity contribution in [3.8, 4) is 11.8 Å². The maximum Gasteiger partial charge on any atom is 0.151 e. The molecule has 0 aromatic carbocycles. The van der Waals surface area contributed by atoms with Crippen molar-refractivity contribution in [3.63, 3.8) is 0 Å². The Kier molecular flexibility index (Phi) is 3.53. The number of nitrogens with zero attached hydrogens (tertiary/aromatic N) is 3. The quantitative estimate of drug-likeness (QED) is 0.672. The number of aromatic nitrogens is 2. The summed E-state index contributed by atoms with van der Waals surface area (Å²) in [7, 11) is 1.89. The Labute approximate surface area is 82.8 Å². The van der Waals surface area contributed by atoms with Crippen molar-refractivity contribution in [1.82, 2.24) is 9.97 Å². The summed E-state index contributed by atoms with van der Waals surface area (Å²) in [6.45, 7) is 2.42. The summed E-state index contributed by atoms with van der Waals surface area (Å²) >= 11 is 5.88. The fourth-order valence-electron chi connectivity index (χ4n) is 0.860. The highest BCUT2D eigenvalue weighted by Crippen LogP contribution is 2.19. The van der Waals surface area contributed by atoms with Gasteiger partial charge in [0, 0.05) is 7.05 Å². The van der Waals surface area contributed by atoms with E-state index in [0.717, 1.165) is 0 Å². The molecule has 0 aliphatic carbocycles. The summed E-state index contributed by atoms with van der Waals surface area (Å²) in [6, 6.07) is 0. The zero-order valence-corrected chi connectivity index (χ0v) is 8.34. The molecular formula is C9H10ClN3. The summed E-state index contributed by atoms with van der Waals surface area (Å²) in [6.07, 6.45) is 3.04. The Hall–Kier alpha value is -1.27. The van der Waals surface area contributed by atoms with Gasteiger partial charge in [-0.2, -0.15) is 0 Å². The smallest absolute Gasteiger partial charge is 0.151 e. The van der Waals surface area contributed by atoms with Crippen LogP contribution in [-0.4, -0.2) is 23.6 Å². The molecule has 0 N–H and O–H groups in total. The van der Waals surface area contributed by atoms with Gasteiger partial charge >= 0.3 is 0 Å². The maximum atomic E-state index is 5.88. The molecule has 0 fully saturated rings. The minimum Gasteiger partial charge on any atom is -0.347 e. The van der Waals surface area contributed by atoms with E-state index in [1.807, 2.05) is 11.9 Å². The van der Waals surface area contributed by atoms with Crippen LogP contribution in [0.5, 0.6) is 0 Å². The van der Waals surface area contributed by atoms with Crippen LogP contribution in [0, 0.1) is 11.8 Å². The first-order valence-corrected chi connectivity index (χ1v) is 4.19. The molecule has 0 aliphatic rings. The summed E-state index contributed by atoms with van der Waals surface area (Å²) in [5.41, 5.74) is 0. The fourth-order valence-corrected chi connectivity index (χ4v) is 1.11. The molecule has 0 atom stereocenters. The fraction of sp³-hybridized carbons (Fsp3) is 0.333. The van der Waals surface area contributed by atoms with Crippen LogP contribution in [0.25, 0.3) is 0 Å². The van der Waals surface area contributed by atoms with Gasteiger partial charge in [0.25, 0.3) is 0 Å². The molecular weight excluding hydrogens is 186 g/mol. The first kappa shape index (κ1) is 9.82. The molecule has 4 heteroatoms. The van der Waals surface area contributed by atoms with E-state index in [2.05, 4.69) is 21.8 Å². The molecule has 1 rings (SSSR count). The highest BCUT2D eigenvalue weighted by molar-refractivity contribution is 6.32. The van der Waals surface area contributed by atoms with Gasteiger partial charge in [-0.05, 0) is 6.92 Å². The van der Waals surface area contributed by atoms with Crippen LogP contribution in [-0.2, 0) is 0 Å². The zero-order chi connectivity index (χ0) is 9.68. The van der Waals surface area contributed by atoms with Gasteiger partial charge in [-0.25, -0.2) is 9.97 Å². The van der Waals surface area contributed by atoms with Crippen LogP contribution >= 0.6 is 11.6 Å². The molecule has 0 spiro atoms. The molecule has 1 aromatic rings. The van der Waals surface area contributed by atoms with Gasteiger partial charge in [0.1, 0.15) is 11.3 Å². The van der Waals surface area contributed by atoms with Crippen LogP contribution in [0.2, 0.25) is 5.02 Å². The molecule has 0 saturated carbocycles. The lowest BCUT2D eigenvalue weighted by molar-refractivity contribution is 0.988. The van der Waals surface area contributed by atoms with Crippen LogP contribution in [0.3, 0.4) is 0 Å². The van der Waals surface area contributed by atoms with E-state index < -0.39 is 0 Å². The maximum absolute atomic E-state index is 5.88. The van der Waals surface area contributed by atoms with E-state index in [4.69, 9.17) is 11.6 Å². The lowest BCUT2D eigenvalue weighted by Gasteiger charge is -2.14. The molecule has 0 bridgehead atoms. The molecule has 3 nitrogen and oxygen atoms in total. The van der Waals surface area contributed by atoms with Crippen molar-refractivity contribution in [2.75, 3.05) is 18.5 Å². The third-order valence-electron chi connectivity index (χ3n) is 1.50. The van der Waals surface area contributed by atoms with E-state index in [1.54, 1.807) is 13.1 Å². The molecule has 0 radical (unpaired) electrons. The second kappa shape index (κ2) is 4.68. The third kappa shape index (κ3) is 2.60. The van der Waals surface area contributed by atoms with Gasteiger partial charge in [0.05, 0.1) is 12.7 Å². The molecule has 0 aliphatic heterocycles. The second-order valence-corrected chi connectivity index (χ2v) is 2.88. The topological polar surface area (TPSA) is 29.0 Å². The third-order valence-corrected chi connectivity index (χ3v) is 1.77. The Balaban J connectivity index is 2.80. The Morgan fingerprint density at radius 3 is 3.00 bits per heavy atom. The van der Waals surface area contributed by atoms with Crippen molar-refractivity contribution in [2.24, 2.45) is 0 Å². The van der Waals surface area contributed by atoms with Gasteiger partial charge in [-0.1, -0.05) is 17.5 Å². The lowest BCUT2D eigenvalue weighted by Crippen LogP contribution is -2.18. The molecule has 0 amide bonds. The van der Waals surface area contributed by atoms with Crippen LogP contribution in [0.15, 0.2) is 12.5 Å². The first-order chi connectivity index (χ1) is 6.25. The van der Waals surface area contributed by atoms with E-state index in [0.29, 0.717) is 17.4 Å². The standard InChI is InChI=1S/C9H10ClN3/c1-3-4-5-13(2)9-8(10)6-11-7-12-9/h6-7H,5H2,1-2H3. The predicted octanol–water partition coefficient (Wildman–Crippen LogP) is 1.59. The normalized spacial score (nSPS) is 8.85. The largest absolute Gasteiger partial charge is 0.347 e. The zero-order valence-electron chi connectivity index (χ0n) is 7.58. The SMILES string of the molecule is CC#CCN(C)c1ncncc1Cl. The number of anilines is 1. The Morgan fingerprint density at radius 2 is 2.38 bits per heavy atom. The Morgan fingerprint density at radius 1 is 1.62 bits per heavy atom. The highest BCUT2D eigenvalue weighted by Gasteiger charge is 2.04. The van der Waals surface area contributed by atoms with Gasteiger partial charge in [0.2, 0.25) is 0 Å². The minimum atomic E-state index is 0.544. The number of halogens is 1. The van der Waals surface area contributed by atoms with Crippen LogP contribution in [0.1, 0.15) is 6.92 Å². The van der Waals surface area contributed by atoms with Gasteiger partial charge < -0.3 is 4.90 Å². The van der Waals surface area contributed by atoms with Crippen molar-refractivity contribution in [1.29, 1.82) is 0 Å². The summed E-state index contributed by atoms with van der Waals surface area (Å²) < 4.78 is 0. The summed E-state index contributed by atoms with van der Waals surface area (Å²) in [5.74, 6) is 6.45. The molecule has 0 unspecified atom stereocenters. The second-order valence-electron chi connectivity index (χ2n) is 2.48. The number of rotatable bonds is 2. The lowest BCUT2D eigenvalue weighted by atomic mass is 10.5. The van der Waals surface area contributed by atoms with E-state index in [9.17, 15) is 0 Å². The van der Waals surface area contributed by atoms with Crippen molar-refractivity contribution < 1.29 is 0 Å². The van der Waals surface area contributed by atoms with E-state index >= 15 is 0 Å². The summed E-state index contributed by atoms with van der Waals surface area (Å²) in [4.78, 5) is 9.72. The van der Waals surface area contributed by atoms with Crippen LogP contribution in [0.4, 0.5) is 5.82 Å². The highest BCUT2D eigenvalue weighted by atomic mass is 35.5. The van der Waals surface area contributed by atoms with Crippen LogP contribution < -0.4 is 4.90 Å². The van der Waals surface area contributed by atoms with Crippen molar-refractivity contribution in [2.45, 2.75) is 6.92 Å². The number of hydrogen-bond acceptors (Lipinski definition) is 3. The molecule has 13 heavy (non-hydrogen) atoms. The number of hydrogen-bond donors (Lipinski definition) is 0. The van der Waals surface area contributed by atoms with Crippen molar-refractivity contribution in [3.05, 3.63) is 17.5 Å². The average molecular weight is 196 g/mol. The minimum absolute atomic E-state index is 0.544. The van der Waals surface area contributed by atoms with Gasteiger partial charge in [-0.15, -0.1) is 5.92 Å². The average Bonchev–Trinajstić information content (AvgIpc) is 2.15. The Bertz CT molecular complexity index is 340. The van der Waals surface area contributed by atoms with E-state index in [-0.39, 0.29) is 0 Å². The molecule has 0 saturated heterocycles.